The van der Waals surface area contributed by atoms with Gasteiger partial charge in [-0.1, -0.05) is 12.1 Å². The van der Waals surface area contributed by atoms with Crippen LogP contribution in [0.2, 0.25) is 0 Å². The summed E-state index contributed by atoms with van der Waals surface area (Å²) in [6.45, 7) is 1.61. The standard InChI is InChI=1S/C17H22N6O6S/c1-10-7-6-8-11(14(10)15(24)22(2)3)23(30(18,26)27)17(25)21-16-19-12(28-4)9-13(20-16)29-5/h6-9H,1-5H3,(H2,18,26,27)(H,19,20,21,25). The third kappa shape index (κ3) is 4.93. The third-order valence-corrected chi connectivity index (χ3v) is 4.72. The molecular weight excluding hydrogens is 416 g/mol. The number of rotatable bonds is 6. The number of carbonyl (C=O) groups excluding carboxylic acids is 2. The number of benzene rings is 1. The van der Waals surface area contributed by atoms with E-state index in [1.165, 1.54) is 51.4 Å². The molecule has 13 heteroatoms. The first kappa shape index (κ1) is 22.8. The number of anilines is 2. The second-order valence-electron chi connectivity index (χ2n) is 6.18. The van der Waals surface area contributed by atoms with Gasteiger partial charge in [-0.25, -0.2) is 9.93 Å². The molecule has 1 heterocycles. The lowest BCUT2D eigenvalue weighted by Crippen LogP contribution is -2.45. The number of carbonyl (C=O) groups is 2. The molecule has 0 unspecified atom stereocenters. The van der Waals surface area contributed by atoms with Crippen LogP contribution in [0.4, 0.5) is 16.4 Å². The lowest BCUT2D eigenvalue weighted by Gasteiger charge is -2.24. The molecule has 3 amide bonds. The Bertz CT molecular complexity index is 1050. The van der Waals surface area contributed by atoms with Crippen LogP contribution in [0.5, 0.6) is 11.8 Å². The Balaban J connectivity index is 2.58. The predicted octanol–water partition coefficient (Wildman–Crippen LogP) is 0.746. The van der Waals surface area contributed by atoms with Crippen molar-refractivity contribution in [3.05, 3.63) is 35.4 Å². The molecule has 162 valence electrons. The van der Waals surface area contributed by atoms with E-state index in [0.717, 1.165) is 0 Å². The lowest BCUT2D eigenvalue weighted by atomic mass is 10.1. The lowest BCUT2D eigenvalue weighted by molar-refractivity contribution is 0.0828. The number of nitrogens with two attached hydrogens (primary N) is 1. The monoisotopic (exact) mass is 438 g/mol. The van der Waals surface area contributed by atoms with Crippen molar-refractivity contribution in [3.63, 3.8) is 0 Å². The fraction of sp³-hybridized carbons (Fsp3) is 0.294. The molecule has 1 aromatic heterocycles. The van der Waals surface area contributed by atoms with Gasteiger partial charge in [0.1, 0.15) is 0 Å². The van der Waals surface area contributed by atoms with E-state index in [2.05, 4.69) is 15.3 Å². The van der Waals surface area contributed by atoms with Crippen LogP contribution in [-0.2, 0) is 10.2 Å². The van der Waals surface area contributed by atoms with Gasteiger partial charge in [-0.3, -0.25) is 10.1 Å². The van der Waals surface area contributed by atoms with Crippen LogP contribution < -0.4 is 24.2 Å². The van der Waals surface area contributed by atoms with E-state index in [4.69, 9.17) is 14.6 Å². The van der Waals surface area contributed by atoms with Gasteiger partial charge < -0.3 is 14.4 Å². The Kier molecular flexibility index (Phi) is 6.79. The molecule has 2 aromatic rings. The van der Waals surface area contributed by atoms with Crippen molar-refractivity contribution in [1.29, 1.82) is 0 Å². The maximum absolute atomic E-state index is 12.9. The zero-order valence-electron chi connectivity index (χ0n) is 17.0. The predicted molar refractivity (Wildman–Crippen MR) is 109 cm³/mol. The minimum Gasteiger partial charge on any atom is -0.481 e. The summed E-state index contributed by atoms with van der Waals surface area (Å²) in [5.74, 6) is -0.668. The SMILES string of the molecule is COc1cc(OC)nc(NC(=O)N(c2cccc(C)c2C(=O)N(C)C)S(N)(=O)=O)n1. The fourth-order valence-electron chi connectivity index (χ4n) is 2.50. The topological polar surface area (TPSA) is 157 Å². The van der Waals surface area contributed by atoms with E-state index < -0.39 is 22.1 Å². The van der Waals surface area contributed by atoms with Crippen LogP contribution in [0, 0.1) is 6.92 Å². The number of nitrogens with zero attached hydrogens (tertiary/aromatic N) is 4. The summed E-state index contributed by atoms with van der Waals surface area (Å²) in [6.07, 6.45) is 0. The summed E-state index contributed by atoms with van der Waals surface area (Å²) in [5.41, 5.74) is 0.228. The highest BCUT2D eigenvalue weighted by molar-refractivity contribution is 7.91. The number of urea groups is 1. The highest BCUT2D eigenvalue weighted by atomic mass is 32.2. The average molecular weight is 438 g/mol. The first-order valence-electron chi connectivity index (χ1n) is 8.42. The van der Waals surface area contributed by atoms with Gasteiger partial charge in [-0.15, -0.1) is 0 Å². The van der Waals surface area contributed by atoms with Crippen molar-refractivity contribution >= 4 is 33.8 Å². The summed E-state index contributed by atoms with van der Waals surface area (Å²) in [4.78, 5) is 34.6. The van der Waals surface area contributed by atoms with E-state index in [0.29, 0.717) is 5.56 Å². The molecule has 3 N–H and O–H groups in total. The molecule has 0 fully saturated rings. The minimum atomic E-state index is -4.63. The molecule has 0 saturated carbocycles. The molecule has 0 radical (unpaired) electrons. The molecule has 12 nitrogen and oxygen atoms in total. The number of hydrogen-bond acceptors (Lipinski definition) is 8. The highest BCUT2D eigenvalue weighted by Gasteiger charge is 2.32. The molecule has 30 heavy (non-hydrogen) atoms. The molecule has 2 rings (SSSR count). The van der Waals surface area contributed by atoms with Crippen molar-refractivity contribution in [2.24, 2.45) is 5.14 Å². The average Bonchev–Trinajstić information content (AvgIpc) is 2.66. The van der Waals surface area contributed by atoms with Gasteiger partial charge in [0.2, 0.25) is 17.7 Å². The Morgan fingerprint density at radius 2 is 1.67 bits per heavy atom. The number of aromatic nitrogens is 2. The van der Waals surface area contributed by atoms with E-state index in [1.54, 1.807) is 13.0 Å². The van der Waals surface area contributed by atoms with E-state index >= 15 is 0 Å². The molecule has 1 aromatic carbocycles. The number of aryl methyl sites for hydroxylation is 1. The maximum Gasteiger partial charge on any atom is 0.343 e. The molecule has 0 aliphatic carbocycles. The van der Waals surface area contributed by atoms with Crippen LogP contribution in [0.25, 0.3) is 0 Å². The van der Waals surface area contributed by atoms with Crippen LogP contribution in [-0.4, -0.2) is 63.5 Å². The number of methoxy groups -OCH3 is 2. The zero-order chi connectivity index (χ0) is 22.6. The molecule has 0 saturated heterocycles. The Hall–Kier alpha value is -3.45. The second kappa shape index (κ2) is 8.92. The highest BCUT2D eigenvalue weighted by Crippen LogP contribution is 2.27. The summed E-state index contributed by atoms with van der Waals surface area (Å²) in [7, 11) is 1.04. The quantitative estimate of drug-likeness (QED) is 0.669. The van der Waals surface area contributed by atoms with Crippen LogP contribution >= 0.6 is 0 Å². The largest absolute Gasteiger partial charge is 0.481 e. The van der Waals surface area contributed by atoms with Crippen molar-refractivity contribution in [1.82, 2.24) is 14.9 Å². The number of nitrogens with one attached hydrogen (secondary N) is 1. The Labute approximate surface area is 173 Å². The van der Waals surface area contributed by atoms with Crippen molar-refractivity contribution in [3.8, 4) is 11.8 Å². The van der Waals surface area contributed by atoms with Gasteiger partial charge in [0.25, 0.3) is 5.91 Å². The van der Waals surface area contributed by atoms with Crippen molar-refractivity contribution < 1.29 is 27.5 Å². The van der Waals surface area contributed by atoms with Gasteiger partial charge in [0, 0.05) is 14.1 Å². The van der Waals surface area contributed by atoms with Gasteiger partial charge in [-0.05, 0) is 18.6 Å². The normalized spacial score (nSPS) is 10.9. The van der Waals surface area contributed by atoms with Crippen LogP contribution in [0.1, 0.15) is 15.9 Å². The minimum absolute atomic E-state index is 0.00387. The Morgan fingerprint density at radius 1 is 1.10 bits per heavy atom. The van der Waals surface area contributed by atoms with Crippen LogP contribution in [0.15, 0.2) is 24.3 Å². The number of amides is 3. The summed E-state index contributed by atoms with van der Waals surface area (Å²) in [5, 5.41) is 7.53. The Morgan fingerprint density at radius 3 is 2.13 bits per heavy atom. The molecule has 0 atom stereocenters. The summed E-state index contributed by atoms with van der Waals surface area (Å²) < 4.78 is 34.8. The molecule has 0 spiro atoms. The first-order valence-corrected chi connectivity index (χ1v) is 9.92. The molecule has 0 bridgehead atoms. The zero-order valence-corrected chi connectivity index (χ0v) is 17.8. The number of ether oxygens (including phenoxy) is 2. The van der Waals surface area contributed by atoms with Gasteiger partial charge in [0.05, 0.1) is 31.5 Å². The van der Waals surface area contributed by atoms with Gasteiger partial charge in [-0.2, -0.15) is 22.7 Å². The van der Waals surface area contributed by atoms with Crippen molar-refractivity contribution in [2.45, 2.75) is 6.92 Å². The van der Waals surface area contributed by atoms with Crippen molar-refractivity contribution in [2.75, 3.05) is 37.9 Å². The fourth-order valence-corrected chi connectivity index (χ4v) is 3.20. The number of hydrogen-bond donors (Lipinski definition) is 2. The second-order valence-corrected chi connectivity index (χ2v) is 7.58. The molecular formula is C17H22N6O6S. The molecule has 0 aliphatic heterocycles. The van der Waals surface area contributed by atoms with Gasteiger partial charge in [0.15, 0.2) is 0 Å². The van der Waals surface area contributed by atoms with E-state index in [-0.39, 0.29) is 33.3 Å². The summed E-state index contributed by atoms with van der Waals surface area (Å²) >= 11 is 0. The van der Waals surface area contributed by atoms with E-state index in [9.17, 15) is 18.0 Å². The first-order chi connectivity index (χ1) is 14.0. The van der Waals surface area contributed by atoms with Gasteiger partial charge >= 0.3 is 16.2 Å². The maximum atomic E-state index is 12.9. The van der Waals surface area contributed by atoms with E-state index in [1.807, 2.05) is 0 Å². The third-order valence-electron chi connectivity index (χ3n) is 3.84. The summed E-state index contributed by atoms with van der Waals surface area (Å²) in [6, 6.07) is 4.55. The molecule has 0 aliphatic rings. The smallest absolute Gasteiger partial charge is 0.343 e. The van der Waals surface area contributed by atoms with Crippen LogP contribution in [0.3, 0.4) is 0 Å².